The van der Waals surface area contributed by atoms with E-state index in [1.165, 1.54) is 0 Å². The van der Waals surface area contributed by atoms with Crippen molar-refractivity contribution < 1.29 is 0 Å². The molecule has 0 fully saturated rings. The minimum absolute atomic E-state index is 0.272. The summed E-state index contributed by atoms with van der Waals surface area (Å²) in [6.07, 6.45) is 6.33. The summed E-state index contributed by atoms with van der Waals surface area (Å²) in [4.78, 5) is 10.2. The van der Waals surface area contributed by atoms with Gasteiger partial charge in [0.15, 0.2) is 0 Å². The second-order valence-corrected chi connectivity index (χ2v) is 5.41. The molecule has 2 aromatic rings. The van der Waals surface area contributed by atoms with Crippen LogP contribution in [0.5, 0.6) is 0 Å². The molecule has 92 valence electrons. The van der Waals surface area contributed by atoms with Crippen LogP contribution in [0.1, 0.15) is 11.9 Å². The van der Waals surface area contributed by atoms with E-state index >= 15 is 0 Å². The van der Waals surface area contributed by atoms with Crippen LogP contribution in [-0.4, -0.2) is 28.5 Å². The van der Waals surface area contributed by atoms with Gasteiger partial charge in [-0.1, -0.05) is 40.2 Å². The number of hydrogen-bond acceptors (Lipinski definition) is 2. The van der Waals surface area contributed by atoms with E-state index in [1.54, 1.807) is 0 Å². The molecular formula is C14H14BrN3. The molecule has 18 heavy (non-hydrogen) atoms. The molecule has 2 heterocycles. The predicted octanol–water partition coefficient (Wildman–Crippen LogP) is 3.38. The van der Waals surface area contributed by atoms with Crippen LogP contribution in [0.3, 0.4) is 0 Å². The second-order valence-electron chi connectivity index (χ2n) is 4.49. The Morgan fingerprint density at radius 3 is 2.78 bits per heavy atom. The second kappa shape index (κ2) is 4.71. The maximum atomic E-state index is 4.68. The zero-order valence-corrected chi connectivity index (χ0v) is 11.7. The van der Waals surface area contributed by atoms with Gasteiger partial charge in [0.2, 0.25) is 0 Å². The molecule has 0 spiro atoms. The Labute approximate surface area is 115 Å². The van der Waals surface area contributed by atoms with Gasteiger partial charge in [-0.25, -0.2) is 4.98 Å². The number of nitrogens with zero attached hydrogens (tertiary/aromatic N) is 2. The van der Waals surface area contributed by atoms with Gasteiger partial charge in [0.1, 0.15) is 5.82 Å². The van der Waals surface area contributed by atoms with Crippen molar-refractivity contribution >= 4 is 15.9 Å². The number of aromatic amines is 1. The number of nitrogens with one attached hydrogen (secondary N) is 1. The standard InChI is InChI=1S/C14H14BrN3/c1-18-8-2-3-13(18)14-16-9-12(17-14)10-4-6-11(15)7-5-10/h2-7,9,13H,8H2,1H3,(H,16,17). The van der Waals surface area contributed by atoms with E-state index in [2.05, 4.69) is 62.1 Å². The fourth-order valence-corrected chi connectivity index (χ4v) is 2.44. The molecule has 0 aliphatic carbocycles. The van der Waals surface area contributed by atoms with Crippen LogP contribution in [0.4, 0.5) is 0 Å². The van der Waals surface area contributed by atoms with Crippen molar-refractivity contribution in [3.05, 3.63) is 52.9 Å². The maximum absolute atomic E-state index is 4.68. The van der Waals surface area contributed by atoms with Gasteiger partial charge in [-0.15, -0.1) is 0 Å². The molecule has 0 saturated carbocycles. The van der Waals surface area contributed by atoms with Crippen LogP contribution in [0, 0.1) is 0 Å². The summed E-state index contributed by atoms with van der Waals surface area (Å²) in [5.41, 5.74) is 2.12. The molecule has 0 radical (unpaired) electrons. The minimum atomic E-state index is 0.272. The fourth-order valence-electron chi connectivity index (χ4n) is 2.17. The Morgan fingerprint density at radius 1 is 1.33 bits per heavy atom. The summed E-state index contributed by atoms with van der Waals surface area (Å²) in [6.45, 7) is 0.985. The van der Waals surface area contributed by atoms with E-state index in [1.807, 2.05) is 18.3 Å². The number of imidazole rings is 1. The normalized spacial score (nSPS) is 19.6. The fraction of sp³-hybridized carbons (Fsp3) is 0.214. The van der Waals surface area contributed by atoms with E-state index in [4.69, 9.17) is 0 Å². The third-order valence-electron chi connectivity index (χ3n) is 3.20. The van der Waals surface area contributed by atoms with Crippen molar-refractivity contribution in [2.75, 3.05) is 13.6 Å². The van der Waals surface area contributed by atoms with Gasteiger partial charge in [0, 0.05) is 22.8 Å². The van der Waals surface area contributed by atoms with Gasteiger partial charge in [0.25, 0.3) is 0 Å². The summed E-state index contributed by atoms with van der Waals surface area (Å²) >= 11 is 3.44. The molecule has 1 unspecified atom stereocenters. The highest BCUT2D eigenvalue weighted by molar-refractivity contribution is 9.10. The molecule has 0 saturated heterocycles. The first-order chi connectivity index (χ1) is 8.74. The first-order valence-electron chi connectivity index (χ1n) is 5.92. The molecule has 1 aliphatic heterocycles. The van der Waals surface area contributed by atoms with Gasteiger partial charge < -0.3 is 4.98 Å². The Hall–Kier alpha value is -1.39. The zero-order valence-electron chi connectivity index (χ0n) is 10.1. The Bertz CT molecular complexity index is 571. The topological polar surface area (TPSA) is 31.9 Å². The van der Waals surface area contributed by atoms with Crippen LogP contribution >= 0.6 is 15.9 Å². The zero-order chi connectivity index (χ0) is 12.5. The summed E-state index contributed by atoms with van der Waals surface area (Å²) in [5, 5.41) is 0. The average Bonchev–Trinajstić information content (AvgIpc) is 2.98. The molecule has 3 nitrogen and oxygen atoms in total. The van der Waals surface area contributed by atoms with E-state index in [0.717, 1.165) is 28.1 Å². The van der Waals surface area contributed by atoms with Crippen LogP contribution < -0.4 is 0 Å². The number of likely N-dealkylation sites (N-methyl/N-ethyl adjacent to an activating group) is 1. The minimum Gasteiger partial charge on any atom is -0.346 e. The van der Waals surface area contributed by atoms with Crippen molar-refractivity contribution in [3.63, 3.8) is 0 Å². The van der Waals surface area contributed by atoms with Gasteiger partial charge in [-0.2, -0.15) is 0 Å². The van der Waals surface area contributed by atoms with Crippen LogP contribution in [0.2, 0.25) is 0 Å². The predicted molar refractivity (Wildman–Crippen MR) is 76.2 cm³/mol. The largest absolute Gasteiger partial charge is 0.346 e. The average molecular weight is 304 g/mol. The van der Waals surface area contributed by atoms with E-state index < -0.39 is 0 Å². The molecule has 0 amide bonds. The van der Waals surface area contributed by atoms with Crippen molar-refractivity contribution in [1.82, 2.24) is 14.9 Å². The smallest absolute Gasteiger partial charge is 0.128 e. The first kappa shape index (κ1) is 11.7. The lowest BCUT2D eigenvalue weighted by Gasteiger charge is -2.16. The molecule has 1 aliphatic rings. The Kier molecular flexibility index (Phi) is 3.06. The van der Waals surface area contributed by atoms with Gasteiger partial charge >= 0.3 is 0 Å². The van der Waals surface area contributed by atoms with Crippen molar-refractivity contribution in [2.24, 2.45) is 0 Å². The molecule has 1 aromatic heterocycles. The lowest BCUT2D eigenvalue weighted by molar-refractivity contribution is 0.330. The number of aromatic nitrogens is 2. The lowest BCUT2D eigenvalue weighted by atomic mass is 10.2. The molecule has 3 rings (SSSR count). The highest BCUT2D eigenvalue weighted by Crippen LogP contribution is 2.26. The van der Waals surface area contributed by atoms with E-state index in [0.29, 0.717) is 0 Å². The maximum Gasteiger partial charge on any atom is 0.128 e. The van der Waals surface area contributed by atoms with Crippen LogP contribution in [-0.2, 0) is 0 Å². The molecule has 4 heteroatoms. The van der Waals surface area contributed by atoms with E-state index in [9.17, 15) is 0 Å². The van der Waals surface area contributed by atoms with Crippen LogP contribution in [0.25, 0.3) is 11.3 Å². The van der Waals surface area contributed by atoms with Crippen molar-refractivity contribution in [1.29, 1.82) is 0 Å². The molecular weight excluding hydrogens is 290 g/mol. The van der Waals surface area contributed by atoms with Crippen molar-refractivity contribution in [3.8, 4) is 11.3 Å². The Balaban J connectivity index is 1.89. The van der Waals surface area contributed by atoms with Gasteiger partial charge in [-0.3, -0.25) is 4.90 Å². The summed E-state index contributed by atoms with van der Waals surface area (Å²) < 4.78 is 1.08. The first-order valence-corrected chi connectivity index (χ1v) is 6.71. The van der Waals surface area contributed by atoms with Gasteiger partial charge in [0.05, 0.1) is 11.7 Å². The Morgan fingerprint density at radius 2 is 2.11 bits per heavy atom. The third kappa shape index (κ3) is 2.13. The van der Waals surface area contributed by atoms with Crippen molar-refractivity contribution in [2.45, 2.75) is 6.04 Å². The molecule has 1 aromatic carbocycles. The number of H-pyrrole nitrogens is 1. The monoisotopic (exact) mass is 303 g/mol. The summed E-state index contributed by atoms with van der Waals surface area (Å²) in [5.74, 6) is 1.00. The lowest BCUT2D eigenvalue weighted by Crippen LogP contribution is -2.19. The summed E-state index contributed by atoms with van der Waals surface area (Å²) in [7, 11) is 2.10. The number of rotatable bonds is 2. The summed E-state index contributed by atoms with van der Waals surface area (Å²) in [6, 6.07) is 8.47. The molecule has 1 atom stereocenters. The van der Waals surface area contributed by atoms with Crippen LogP contribution in [0.15, 0.2) is 47.1 Å². The number of hydrogen-bond donors (Lipinski definition) is 1. The molecule has 0 bridgehead atoms. The quantitative estimate of drug-likeness (QED) is 0.863. The highest BCUT2D eigenvalue weighted by Gasteiger charge is 2.20. The number of benzene rings is 1. The molecule has 1 N–H and O–H groups in total. The number of halogens is 1. The van der Waals surface area contributed by atoms with Gasteiger partial charge in [-0.05, 0) is 19.2 Å². The highest BCUT2D eigenvalue weighted by atomic mass is 79.9. The van der Waals surface area contributed by atoms with E-state index in [-0.39, 0.29) is 6.04 Å². The third-order valence-corrected chi connectivity index (χ3v) is 3.73. The SMILES string of the molecule is CN1CC=CC1c1nc(-c2ccc(Br)cc2)c[nH]1.